The smallest absolute Gasteiger partial charge is 0.408 e. The average molecular weight is 303 g/mol. The van der Waals surface area contributed by atoms with Crippen LogP contribution in [0.4, 0.5) is 17.6 Å². The van der Waals surface area contributed by atoms with Gasteiger partial charge in [-0.2, -0.15) is 18.4 Å². The third-order valence-corrected chi connectivity index (χ3v) is 3.34. The van der Waals surface area contributed by atoms with Crippen molar-refractivity contribution in [3.05, 3.63) is 29.1 Å². The van der Waals surface area contributed by atoms with Crippen LogP contribution in [0, 0.1) is 17.1 Å². The zero-order valence-electron chi connectivity index (χ0n) is 10.9. The monoisotopic (exact) mass is 303 g/mol. The molecule has 1 aromatic carbocycles. The van der Waals surface area contributed by atoms with Crippen LogP contribution in [0.3, 0.4) is 0 Å². The molecule has 1 atom stereocenters. The summed E-state index contributed by atoms with van der Waals surface area (Å²) in [6.45, 7) is 0.964. The molecule has 1 aliphatic heterocycles. The molecule has 1 heterocycles. The first kappa shape index (κ1) is 15.5. The number of hydrogen-bond acceptors (Lipinski definition) is 4. The highest BCUT2D eigenvalue weighted by atomic mass is 19.4. The molecule has 0 unspecified atom stereocenters. The predicted octanol–water partition coefficient (Wildman–Crippen LogP) is 1.91. The zero-order chi connectivity index (χ0) is 15.6. The molecule has 4 nitrogen and oxygen atoms in total. The molecule has 0 aromatic heterocycles. The fraction of sp³-hybridized carbons (Fsp3) is 0.462. The van der Waals surface area contributed by atoms with E-state index in [-0.39, 0.29) is 18.7 Å². The Morgan fingerprint density at radius 3 is 2.43 bits per heavy atom. The van der Waals surface area contributed by atoms with E-state index >= 15 is 0 Å². The summed E-state index contributed by atoms with van der Waals surface area (Å²) in [6, 6.07) is 1.06. The standard InChI is InChI=1S/C13H13F4N3O/c14-10-6-8(7-18)5-9(11(10)21)12(13(15,16)17)20-3-1-19-2-4-20/h5-6,12,19,21H,1-4H2/t12-/m1/s1. The highest BCUT2D eigenvalue weighted by molar-refractivity contribution is 5.44. The number of hydrogen-bond donors (Lipinski definition) is 2. The van der Waals surface area contributed by atoms with Gasteiger partial charge in [0.2, 0.25) is 0 Å². The maximum atomic E-state index is 13.5. The molecule has 0 aliphatic carbocycles. The van der Waals surface area contributed by atoms with Crippen LogP contribution in [0.2, 0.25) is 0 Å². The van der Waals surface area contributed by atoms with E-state index in [1.807, 2.05) is 0 Å². The summed E-state index contributed by atoms with van der Waals surface area (Å²) in [4.78, 5) is 1.12. The van der Waals surface area contributed by atoms with E-state index in [1.54, 1.807) is 6.07 Å². The molecule has 0 saturated carbocycles. The summed E-state index contributed by atoms with van der Waals surface area (Å²) in [5.74, 6) is -2.29. The van der Waals surface area contributed by atoms with E-state index in [9.17, 15) is 22.7 Å². The van der Waals surface area contributed by atoms with Crippen LogP contribution in [0.1, 0.15) is 17.2 Å². The van der Waals surface area contributed by atoms with Crippen molar-refractivity contribution in [3.63, 3.8) is 0 Å². The summed E-state index contributed by atoms with van der Waals surface area (Å²) in [5, 5.41) is 21.3. The lowest BCUT2D eigenvalue weighted by molar-refractivity contribution is -0.188. The molecule has 1 saturated heterocycles. The van der Waals surface area contributed by atoms with Crippen LogP contribution >= 0.6 is 0 Å². The van der Waals surface area contributed by atoms with Crippen molar-refractivity contribution in [1.82, 2.24) is 10.2 Å². The second kappa shape index (κ2) is 5.87. The van der Waals surface area contributed by atoms with Crippen molar-refractivity contribution in [2.24, 2.45) is 0 Å². The van der Waals surface area contributed by atoms with Gasteiger partial charge in [0.1, 0.15) is 6.04 Å². The molecular formula is C13H13F4N3O. The molecule has 2 rings (SSSR count). The quantitative estimate of drug-likeness (QED) is 0.820. The summed E-state index contributed by atoms with van der Waals surface area (Å²) in [6.07, 6.45) is -4.69. The van der Waals surface area contributed by atoms with Crippen molar-refractivity contribution >= 4 is 0 Å². The minimum atomic E-state index is -4.69. The highest BCUT2D eigenvalue weighted by Crippen LogP contribution is 2.42. The Balaban J connectivity index is 2.51. The molecule has 1 fully saturated rings. The topological polar surface area (TPSA) is 59.3 Å². The van der Waals surface area contributed by atoms with Gasteiger partial charge < -0.3 is 10.4 Å². The van der Waals surface area contributed by atoms with Gasteiger partial charge in [-0.05, 0) is 12.1 Å². The zero-order valence-corrected chi connectivity index (χ0v) is 10.9. The van der Waals surface area contributed by atoms with Crippen LogP contribution in [0.15, 0.2) is 12.1 Å². The maximum Gasteiger partial charge on any atom is 0.408 e. The molecule has 0 amide bonds. The van der Waals surface area contributed by atoms with Gasteiger partial charge in [0, 0.05) is 31.7 Å². The fourth-order valence-corrected chi connectivity index (χ4v) is 2.41. The molecule has 21 heavy (non-hydrogen) atoms. The molecule has 1 aromatic rings. The van der Waals surface area contributed by atoms with Crippen LogP contribution in [-0.4, -0.2) is 42.4 Å². The molecule has 0 radical (unpaired) electrons. The van der Waals surface area contributed by atoms with E-state index in [0.29, 0.717) is 19.2 Å². The Hall–Kier alpha value is -1.85. The summed E-state index contributed by atoms with van der Waals surface area (Å²) in [5.41, 5.74) is -0.884. The summed E-state index contributed by atoms with van der Waals surface area (Å²) in [7, 11) is 0. The van der Waals surface area contributed by atoms with Crippen molar-refractivity contribution in [3.8, 4) is 11.8 Å². The molecule has 0 bridgehead atoms. The number of rotatable bonds is 2. The minimum absolute atomic E-state index is 0.113. The van der Waals surface area contributed by atoms with Crippen molar-refractivity contribution in [2.75, 3.05) is 26.2 Å². The number of piperazine rings is 1. The van der Waals surface area contributed by atoms with Gasteiger partial charge in [-0.3, -0.25) is 4.90 Å². The van der Waals surface area contributed by atoms with Gasteiger partial charge in [-0.1, -0.05) is 0 Å². The number of halogens is 4. The normalized spacial score (nSPS) is 18.2. The van der Waals surface area contributed by atoms with Crippen molar-refractivity contribution < 1.29 is 22.7 Å². The summed E-state index contributed by atoms with van der Waals surface area (Å²) < 4.78 is 53.6. The number of nitriles is 1. The molecule has 114 valence electrons. The van der Waals surface area contributed by atoms with Crippen molar-refractivity contribution in [2.45, 2.75) is 12.2 Å². The molecule has 2 N–H and O–H groups in total. The number of phenols is 1. The average Bonchev–Trinajstić information content (AvgIpc) is 2.43. The van der Waals surface area contributed by atoms with E-state index in [0.717, 1.165) is 11.0 Å². The number of nitrogens with zero attached hydrogens (tertiary/aromatic N) is 2. The second-order valence-electron chi connectivity index (χ2n) is 4.74. The molecule has 0 spiro atoms. The Kier molecular flexibility index (Phi) is 4.34. The fourth-order valence-electron chi connectivity index (χ4n) is 2.41. The van der Waals surface area contributed by atoms with Crippen LogP contribution < -0.4 is 5.32 Å². The third-order valence-electron chi connectivity index (χ3n) is 3.34. The van der Waals surface area contributed by atoms with Gasteiger partial charge >= 0.3 is 6.18 Å². The van der Waals surface area contributed by atoms with Crippen molar-refractivity contribution in [1.29, 1.82) is 5.26 Å². The third kappa shape index (κ3) is 3.25. The van der Waals surface area contributed by atoms with Crippen LogP contribution in [0.25, 0.3) is 0 Å². The van der Waals surface area contributed by atoms with Gasteiger partial charge in [0.25, 0.3) is 0 Å². The Bertz CT molecular complexity index is 562. The van der Waals surface area contributed by atoms with E-state index in [1.165, 1.54) is 0 Å². The minimum Gasteiger partial charge on any atom is -0.505 e. The molecule has 8 heteroatoms. The van der Waals surface area contributed by atoms with E-state index in [2.05, 4.69) is 5.32 Å². The SMILES string of the molecule is N#Cc1cc(F)c(O)c([C@@H](N2CCNCC2)C(F)(F)F)c1. The highest BCUT2D eigenvalue weighted by Gasteiger charge is 2.46. The van der Waals surface area contributed by atoms with Gasteiger partial charge in [-0.15, -0.1) is 0 Å². The first-order chi connectivity index (χ1) is 9.84. The Morgan fingerprint density at radius 1 is 1.29 bits per heavy atom. The lowest BCUT2D eigenvalue weighted by Crippen LogP contribution is -2.49. The van der Waals surface area contributed by atoms with Crippen LogP contribution in [0.5, 0.6) is 5.75 Å². The number of benzene rings is 1. The predicted molar refractivity (Wildman–Crippen MR) is 66.0 cm³/mol. The van der Waals surface area contributed by atoms with Gasteiger partial charge in [0.05, 0.1) is 11.6 Å². The largest absolute Gasteiger partial charge is 0.505 e. The lowest BCUT2D eigenvalue weighted by Gasteiger charge is -2.36. The van der Waals surface area contributed by atoms with E-state index in [4.69, 9.17) is 5.26 Å². The number of alkyl halides is 3. The number of aromatic hydroxyl groups is 1. The Labute approximate surface area is 118 Å². The maximum absolute atomic E-state index is 13.5. The first-order valence-corrected chi connectivity index (χ1v) is 6.28. The first-order valence-electron chi connectivity index (χ1n) is 6.28. The second-order valence-corrected chi connectivity index (χ2v) is 4.74. The summed E-state index contributed by atoms with van der Waals surface area (Å²) >= 11 is 0. The lowest BCUT2D eigenvalue weighted by atomic mass is 10.00. The molecule has 1 aliphatic rings. The Morgan fingerprint density at radius 2 is 1.90 bits per heavy atom. The van der Waals surface area contributed by atoms with Gasteiger partial charge in [-0.25, -0.2) is 4.39 Å². The number of nitrogens with one attached hydrogen (secondary N) is 1. The number of phenolic OH excluding ortho intramolecular Hbond substituents is 1. The van der Waals surface area contributed by atoms with E-state index < -0.39 is 29.3 Å². The van der Waals surface area contributed by atoms with Gasteiger partial charge in [0.15, 0.2) is 11.6 Å². The molecular weight excluding hydrogens is 290 g/mol. The van der Waals surface area contributed by atoms with Crippen LogP contribution in [-0.2, 0) is 0 Å².